The van der Waals surface area contributed by atoms with Gasteiger partial charge in [-0.05, 0) is 44.0 Å². The summed E-state index contributed by atoms with van der Waals surface area (Å²) in [5, 5.41) is 0.768. The molecule has 2 N–H and O–H groups in total. The molecule has 1 aliphatic heterocycles. The van der Waals surface area contributed by atoms with Crippen LogP contribution in [0.5, 0.6) is 0 Å². The van der Waals surface area contributed by atoms with Gasteiger partial charge in [0.1, 0.15) is 0 Å². The van der Waals surface area contributed by atoms with E-state index in [1.54, 1.807) is 0 Å². The molecule has 0 saturated carbocycles. The molecule has 2 unspecified atom stereocenters. The Morgan fingerprint density at radius 3 is 2.89 bits per heavy atom. The normalized spacial score (nSPS) is 23.3. The van der Waals surface area contributed by atoms with Crippen LogP contribution in [0.15, 0.2) is 18.2 Å². The highest BCUT2D eigenvalue weighted by molar-refractivity contribution is 6.30. The first-order valence-electron chi connectivity index (χ1n) is 6.46. The van der Waals surface area contributed by atoms with Crippen LogP contribution in [0.25, 0.3) is 0 Å². The van der Waals surface area contributed by atoms with Gasteiger partial charge in [0.2, 0.25) is 0 Å². The second-order valence-corrected chi connectivity index (χ2v) is 5.29. The predicted octanol–water partition coefficient (Wildman–Crippen LogP) is 2.45. The van der Waals surface area contributed by atoms with Gasteiger partial charge in [-0.15, -0.1) is 0 Å². The third kappa shape index (κ3) is 2.79. The lowest BCUT2D eigenvalue weighted by atomic mass is 10.0. The molecule has 1 aliphatic rings. The molecule has 0 spiro atoms. The van der Waals surface area contributed by atoms with Gasteiger partial charge in [-0.1, -0.05) is 17.7 Å². The molecule has 18 heavy (non-hydrogen) atoms. The number of benzene rings is 1. The van der Waals surface area contributed by atoms with Crippen molar-refractivity contribution in [1.82, 2.24) is 0 Å². The minimum absolute atomic E-state index is 0.264. The number of likely N-dealkylation sites (N-methyl/N-ethyl adjacent to an activating group) is 1. The van der Waals surface area contributed by atoms with Gasteiger partial charge in [0.25, 0.3) is 0 Å². The number of nitrogens with zero attached hydrogens (tertiary/aromatic N) is 1. The maximum atomic E-state index is 6.11. The lowest BCUT2D eigenvalue weighted by Gasteiger charge is -2.30. The van der Waals surface area contributed by atoms with Gasteiger partial charge < -0.3 is 15.4 Å². The van der Waals surface area contributed by atoms with E-state index in [-0.39, 0.29) is 6.10 Å². The minimum atomic E-state index is 0.264. The van der Waals surface area contributed by atoms with Crippen molar-refractivity contribution in [2.75, 3.05) is 25.1 Å². The number of ether oxygens (including phenoxy) is 1. The summed E-state index contributed by atoms with van der Waals surface area (Å²) in [4.78, 5) is 2.29. The second-order valence-electron chi connectivity index (χ2n) is 4.85. The van der Waals surface area contributed by atoms with E-state index in [9.17, 15) is 0 Å². The molecule has 1 aromatic carbocycles. The van der Waals surface area contributed by atoms with E-state index in [0.717, 1.165) is 24.5 Å². The highest BCUT2D eigenvalue weighted by atomic mass is 35.5. The van der Waals surface area contributed by atoms with Crippen molar-refractivity contribution in [2.45, 2.75) is 31.9 Å². The van der Waals surface area contributed by atoms with Crippen molar-refractivity contribution in [2.24, 2.45) is 5.73 Å². The molecular weight excluding hydrogens is 248 g/mol. The van der Waals surface area contributed by atoms with Crippen LogP contribution in [0.4, 0.5) is 5.69 Å². The highest BCUT2D eigenvalue weighted by Crippen LogP contribution is 2.29. The van der Waals surface area contributed by atoms with Crippen LogP contribution in [0.2, 0.25) is 5.02 Å². The SMILES string of the molecule is CC1OCCC1N(C)c1cc(Cl)ccc1CCN. The van der Waals surface area contributed by atoms with Gasteiger partial charge in [-0.3, -0.25) is 0 Å². The number of hydrogen-bond donors (Lipinski definition) is 1. The Kier molecular flexibility index (Phi) is 4.49. The number of rotatable bonds is 4. The maximum absolute atomic E-state index is 6.11. The van der Waals surface area contributed by atoms with Crippen LogP contribution in [0.3, 0.4) is 0 Å². The van der Waals surface area contributed by atoms with Crippen molar-refractivity contribution < 1.29 is 4.74 Å². The Labute approximate surface area is 114 Å². The topological polar surface area (TPSA) is 38.5 Å². The summed E-state index contributed by atoms with van der Waals surface area (Å²) >= 11 is 6.11. The molecule has 1 heterocycles. The molecule has 100 valence electrons. The fourth-order valence-electron chi connectivity index (χ4n) is 2.64. The first-order valence-corrected chi connectivity index (χ1v) is 6.84. The lowest BCUT2D eigenvalue weighted by Crippen LogP contribution is -2.37. The van der Waals surface area contributed by atoms with Crippen LogP contribution >= 0.6 is 11.6 Å². The summed E-state index contributed by atoms with van der Waals surface area (Å²) in [6.07, 6.45) is 2.20. The van der Waals surface area contributed by atoms with E-state index in [0.29, 0.717) is 12.6 Å². The van der Waals surface area contributed by atoms with Gasteiger partial charge in [-0.25, -0.2) is 0 Å². The highest BCUT2D eigenvalue weighted by Gasteiger charge is 2.28. The van der Waals surface area contributed by atoms with Crippen molar-refractivity contribution >= 4 is 17.3 Å². The number of nitrogens with two attached hydrogens (primary N) is 1. The summed E-state index contributed by atoms with van der Waals surface area (Å²) in [6.45, 7) is 3.61. The van der Waals surface area contributed by atoms with Crippen LogP contribution < -0.4 is 10.6 Å². The van der Waals surface area contributed by atoms with Crippen molar-refractivity contribution in [3.8, 4) is 0 Å². The first kappa shape index (κ1) is 13.7. The molecule has 2 atom stereocenters. The Hall–Kier alpha value is -0.770. The molecule has 0 bridgehead atoms. The Bertz CT molecular complexity index is 411. The Morgan fingerprint density at radius 2 is 2.28 bits per heavy atom. The van der Waals surface area contributed by atoms with Gasteiger partial charge >= 0.3 is 0 Å². The zero-order valence-electron chi connectivity index (χ0n) is 11.0. The number of halogens is 1. The van der Waals surface area contributed by atoms with Crippen molar-refractivity contribution in [1.29, 1.82) is 0 Å². The molecular formula is C14H21ClN2O. The van der Waals surface area contributed by atoms with E-state index >= 15 is 0 Å². The van der Waals surface area contributed by atoms with E-state index in [1.807, 2.05) is 12.1 Å². The molecule has 0 aliphatic carbocycles. The molecule has 3 nitrogen and oxygen atoms in total. The average molecular weight is 269 g/mol. The zero-order chi connectivity index (χ0) is 13.1. The molecule has 0 radical (unpaired) electrons. The van der Waals surface area contributed by atoms with Gasteiger partial charge in [0, 0.05) is 24.4 Å². The van der Waals surface area contributed by atoms with Gasteiger partial charge in [-0.2, -0.15) is 0 Å². The van der Waals surface area contributed by atoms with Crippen molar-refractivity contribution in [3.63, 3.8) is 0 Å². The maximum Gasteiger partial charge on any atom is 0.0750 e. The molecule has 2 rings (SSSR count). The fourth-order valence-corrected chi connectivity index (χ4v) is 2.81. The van der Waals surface area contributed by atoms with E-state index in [2.05, 4.69) is 24.9 Å². The summed E-state index contributed by atoms with van der Waals surface area (Å²) < 4.78 is 5.64. The van der Waals surface area contributed by atoms with Crippen LogP contribution in [-0.2, 0) is 11.2 Å². The molecule has 0 amide bonds. The third-order valence-electron chi connectivity index (χ3n) is 3.67. The zero-order valence-corrected chi connectivity index (χ0v) is 11.8. The smallest absolute Gasteiger partial charge is 0.0750 e. The molecule has 1 aromatic rings. The fraction of sp³-hybridized carbons (Fsp3) is 0.571. The first-order chi connectivity index (χ1) is 8.63. The summed E-state index contributed by atoms with van der Waals surface area (Å²) in [5.41, 5.74) is 8.10. The Balaban J connectivity index is 2.27. The van der Waals surface area contributed by atoms with E-state index < -0.39 is 0 Å². The molecule has 1 fully saturated rings. The van der Waals surface area contributed by atoms with E-state index in [4.69, 9.17) is 22.1 Å². The van der Waals surface area contributed by atoms with Gasteiger partial charge in [0.05, 0.1) is 12.1 Å². The van der Waals surface area contributed by atoms with Crippen molar-refractivity contribution in [3.05, 3.63) is 28.8 Å². The average Bonchev–Trinajstić information content (AvgIpc) is 2.77. The van der Waals surface area contributed by atoms with Crippen LogP contribution in [0.1, 0.15) is 18.9 Å². The summed E-state index contributed by atoms with van der Waals surface area (Å²) in [7, 11) is 2.11. The minimum Gasteiger partial charge on any atom is -0.376 e. The van der Waals surface area contributed by atoms with E-state index in [1.165, 1.54) is 11.3 Å². The Morgan fingerprint density at radius 1 is 1.50 bits per heavy atom. The number of hydrogen-bond acceptors (Lipinski definition) is 3. The number of anilines is 1. The molecule has 0 aromatic heterocycles. The second kappa shape index (κ2) is 5.91. The molecule has 4 heteroatoms. The van der Waals surface area contributed by atoms with Crippen LogP contribution in [-0.4, -0.2) is 32.3 Å². The van der Waals surface area contributed by atoms with Gasteiger partial charge in [0.15, 0.2) is 0 Å². The largest absolute Gasteiger partial charge is 0.376 e. The summed E-state index contributed by atoms with van der Waals surface area (Å²) in [5.74, 6) is 0. The lowest BCUT2D eigenvalue weighted by molar-refractivity contribution is 0.118. The predicted molar refractivity (Wildman–Crippen MR) is 76.4 cm³/mol. The monoisotopic (exact) mass is 268 g/mol. The molecule has 1 saturated heterocycles. The summed E-state index contributed by atoms with van der Waals surface area (Å²) in [6, 6.07) is 6.44. The van der Waals surface area contributed by atoms with Crippen LogP contribution in [0, 0.1) is 0 Å². The third-order valence-corrected chi connectivity index (χ3v) is 3.91. The standard InChI is InChI=1S/C14H21ClN2O/c1-10-13(6-8-18-10)17(2)14-9-12(15)4-3-11(14)5-7-16/h3-4,9-10,13H,5-8,16H2,1-2H3. The quantitative estimate of drug-likeness (QED) is 0.912.